The fourth-order valence-electron chi connectivity index (χ4n) is 0.987. The van der Waals surface area contributed by atoms with Crippen LogP contribution in [0, 0.1) is 13.0 Å². The van der Waals surface area contributed by atoms with E-state index in [1.54, 1.807) is 6.07 Å². The Hall–Kier alpha value is -1.35. The van der Waals surface area contributed by atoms with E-state index in [0.717, 1.165) is 5.56 Å². The lowest BCUT2D eigenvalue weighted by molar-refractivity contribution is -0.113. The topological polar surface area (TPSA) is 29.5 Å². The van der Waals surface area contributed by atoms with Crippen LogP contribution < -0.4 is 5.06 Å². The van der Waals surface area contributed by atoms with Gasteiger partial charge < -0.3 is 0 Å². The molecule has 3 nitrogen and oxygen atoms in total. The molecule has 0 aromatic heterocycles. The molecule has 0 N–H and O–H groups in total. The molecule has 0 atom stereocenters. The number of aryl methyl sites for hydroxylation is 1. The Balaban J connectivity index is 2.84. The Labute approximate surface area is 77.9 Å². The Kier molecular flexibility index (Phi) is 3.46. The van der Waals surface area contributed by atoms with Gasteiger partial charge in [-0.15, -0.1) is 0 Å². The van der Waals surface area contributed by atoms with Crippen molar-refractivity contribution >= 4 is 12.1 Å². The van der Waals surface area contributed by atoms with Crippen molar-refractivity contribution in [2.45, 2.75) is 13.8 Å². The monoisotopic (exact) mass is 178 g/mol. The lowest BCUT2D eigenvalue weighted by Gasteiger charge is -2.15. The first-order valence-electron chi connectivity index (χ1n) is 4.13. The van der Waals surface area contributed by atoms with Crippen molar-refractivity contribution in [3.63, 3.8) is 0 Å². The van der Waals surface area contributed by atoms with Crippen molar-refractivity contribution in [1.82, 2.24) is 0 Å². The van der Waals surface area contributed by atoms with E-state index >= 15 is 0 Å². The van der Waals surface area contributed by atoms with E-state index in [9.17, 15) is 4.79 Å². The zero-order valence-electron chi connectivity index (χ0n) is 7.78. The summed E-state index contributed by atoms with van der Waals surface area (Å²) in [5.41, 5.74) is 1.71. The Morgan fingerprint density at radius 3 is 3.00 bits per heavy atom. The standard InChI is InChI=1S/C10H12NO2/c1-3-13-11(8-12)10-6-4-5-9(2)7-10/h4-5,7-8H,3H2,1-2H3. The highest BCUT2D eigenvalue weighted by Crippen LogP contribution is 2.13. The van der Waals surface area contributed by atoms with Gasteiger partial charge in [-0.25, -0.2) is 0 Å². The third kappa shape index (κ3) is 2.56. The largest absolute Gasteiger partial charge is 0.276 e. The number of rotatable bonds is 4. The average molecular weight is 178 g/mol. The molecule has 69 valence electrons. The van der Waals surface area contributed by atoms with E-state index in [-0.39, 0.29) is 0 Å². The van der Waals surface area contributed by atoms with Crippen LogP contribution in [0.5, 0.6) is 0 Å². The first-order valence-corrected chi connectivity index (χ1v) is 4.13. The third-order valence-corrected chi connectivity index (χ3v) is 1.54. The van der Waals surface area contributed by atoms with E-state index in [2.05, 4.69) is 6.07 Å². The van der Waals surface area contributed by atoms with E-state index < -0.39 is 0 Å². The molecule has 0 aliphatic rings. The molecular weight excluding hydrogens is 166 g/mol. The molecule has 1 aromatic carbocycles. The van der Waals surface area contributed by atoms with Gasteiger partial charge in [0.1, 0.15) is 0 Å². The maximum absolute atomic E-state index is 10.6. The van der Waals surface area contributed by atoms with Crippen LogP contribution in [0.25, 0.3) is 0 Å². The summed E-state index contributed by atoms with van der Waals surface area (Å²) in [6.07, 6.45) is 0.634. The number of hydrogen-bond acceptors (Lipinski definition) is 2. The number of carbonyl (C=O) groups excluding carboxylic acids is 1. The van der Waals surface area contributed by atoms with Crippen molar-refractivity contribution in [2.75, 3.05) is 11.7 Å². The van der Waals surface area contributed by atoms with Gasteiger partial charge in [-0.2, -0.15) is 5.06 Å². The van der Waals surface area contributed by atoms with E-state index in [4.69, 9.17) is 4.84 Å². The van der Waals surface area contributed by atoms with E-state index in [0.29, 0.717) is 18.7 Å². The minimum atomic E-state index is 0.459. The summed E-state index contributed by atoms with van der Waals surface area (Å²) in [6.45, 7) is 4.24. The summed E-state index contributed by atoms with van der Waals surface area (Å²) < 4.78 is 0. The van der Waals surface area contributed by atoms with Gasteiger partial charge in [0.05, 0.1) is 12.3 Å². The maximum Gasteiger partial charge on any atom is 0.238 e. The second-order valence-corrected chi connectivity index (χ2v) is 2.60. The second-order valence-electron chi connectivity index (χ2n) is 2.60. The van der Waals surface area contributed by atoms with E-state index in [1.807, 2.05) is 26.0 Å². The minimum absolute atomic E-state index is 0.459. The molecule has 0 bridgehead atoms. The number of anilines is 1. The van der Waals surface area contributed by atoms with Crippen LogP contribution in [0.15, 0.2) is 18.2 Å². The normalized spacial score (nSPS) is 9.69. The van der Waals surface area contributed by atoms with E-state index in [1.165, 1.54) is 5.06 Å². The Morgan fingerprint density at radius 1 is 1.69 bits per heavy atom. The second kappa shape index (κ2) is 4.62. The molecule has 0 spiro atoms. The number of carbonyl (C=O) groups is 1. The van der Waals surface area contributed by atoms with Gasteiger partial charge in [0.2, 0.25) is 6.41 Å². The van der Waals surface area contributed by atoms with Crippen LogP contribution in [0.1, 0.15) is 12.5 Å². The fourth-order valence-corrected chi connectivity index (χ4v) is 0.987. The van der Waals surface area contributed by atoms with Gasteiger partial charge in [-0.3, -0.25) is 9.63 Å². The predicted octanol–water partition coefficient (Wildman–Crippen LogP) is 1.71. The molecule has 0 heterocycles. The molecular formula is C10H12NO2. The summed E-state index contributed by atoms with van der Waals surface area (Å²) in [7, 11) is 0. The maximum atomic E-state index is 10.6. The Morgan fingerprint density at radius 2 is 2.46 bits per heavy atom. The minimum Gasteiger partial charge on any atom is -0.276 e. The fraction of sp³-hybridized carbons (Fsp3) is 0.300. The van der Waals surface area contributed by atoms with Gasteiger partial charge in [-0.05, 0) is 25.5 Å². The molecule has 1 amide bonds. The van der Waals surface area contributed by atoms with Crippen molar-refractivity contribution in [1.29, 1.82) is 0 Å². The molecule has 0 fully saturated rings. The lowest BCUT2D eigenvalue weighted by atomic mass is 10.2. The average Bonchev–Trinajstić information content (AvgIpc) is 2.14. The highest BCUT2D eigenvalue weighted by molar-refractivity contribution is 5.71. The molecule has 1 aromatic rings. The van der Waals surface area contributed by atoms with Crippen LogP contribution in [0.3, 0.4) is 0 Å². The van der Waals surface area contributed by atoms with Crippen LogP contribution in [-0.4, -0.2) is 13.0 Å². The summed E-state index contributed by atoms with van der Waals surface area (Å²) in [6, 6.07) is 8.43. The Bertz CT molecular complexity index is 286. The first-order chi connectivity index (χ1) is 6.27. The zero-order valence-corrected chi connectivity index (χ0v) is 7.78. The molecule has 0 aliphatic heterocycles. The van der Waals surface area contributed by atoms with Gasteiger partial charge in [0.15, 0.2) is 0 Å². The lowest BCUT2D eigenvalue weighted by Crippen LogP contribution is -2.21. The summed E-state index contributed by atoms with van der Waals surface area (Å²) in [4.78, 5) is 15.7. The van der Waals surface area contributed by atoms with Gasteiger partial charge in [-0.1, -0.05) is 12.1 Å². The zero-order chi connectivity index (χ0) is 9.68. The van der Waals surface area contributed by atoms with Crippen LogP contribution in [0.4, 0.5) is 5.69 Å². The first kappa shape index (κ1) is 9.74. The van der Waals surface area contributed by atoms with Crippen molar-refractivity contribution in [3.05, 3.63) is 29.8 Å². The molecule has 3 heteroatoms. The van der Waals surface area contributed by atoms with Crippen molar-refractivity contribution in [2.24, 2.45) is 0 Å². The van der Waals surface area contributed by atoms with Crippen LogP contribution >= 0.6 is 0 Å². The molecule has 1 radical (unpaired) electrons. The number of amides is 1. The molecule has 0 unspecified atom stereocenters. The number of hydroxylamine groups is 1. The quantitative estimate of drug-likeness (QED) is 0.519. The smallest absolute Gasteiger partial charge is 0.238 e. The summed E-state index contributed by atoms with van der Waals surface area (Å²) in [5, 5.41) is 1.17. The molecule has 0 saturated heterocycles. The van der Waals surface area contributed by atoms with Gasteiger partial charge >= 0.3 is 0 Å². The van der Waals surface area contributed by atoms with Gasteiger partial charge in [0, 0.05) is 6.07 Å². The van der Waals surface area contributed by atoms with Crippen LogP contribution in [0.2, 0.25) is 0 Å². The number of hydrogen-bond donors (Lipinski definition) is 0. The van der Waals surface area contributed by atoms with Gasteiger partial charge in [0.25, 0.3) is 0 Å². The number of nitrogens with zero attached hydrogens (tertiary/aromatic N) is 1. The highest BCUT2D eigenvalue weighted by atomic mass is 16.7. The molecule has 13 heavy (non-hydrogen) atoms. The van der Waals surface area contributed by atoms with Crippen molar-refractivity contribution < 1.29 is 9.63 Å². The highest BCUT2D eigenvalue weighted by Gasteiger charge is 2.04. The SMILES string of the molecule is CCON(C=O)c1[c]ccc(C)c1. The predicted molar refractivity (Wildman–Crippen MR) is 50.2 cm³/mol. The molecule has 0 aliphatic carbocycles. The van der Waals surface area contributed by atoms with Crippen molar-refractivity contribution in [3.8, 4) is 0 Å². The molecule has 1 rings (SSSR count). The third-order valence-electron chi connectivity index (χ3n) is 1.54. The summed E-state index contributed by atoms with van der Waals surface area (Å²) >= 11 is 0. The number of benzene rings is 1. The molecule has 0 saturated carbocycles. The summed E-state index contributed by atoms with van der Waals surface area (Å²) in [5.74, 6) is 0. The van der Waals surface area contributed by atoms with Crippen LogP contribution in [-0.2, 0) is 9.63 Å².